The summed E-state index contributed by atoms with van der Waals surface area (Å²) >= 11 is 0. The van der Waals surface area contributed by atoms with E-state index in [9.17, 15) is 30.1 Å². The van der Waals surface area contributed by atoms with E-state index in [1.54, 1.807) is 0 Å². The molecule has 2 rings (SSSR count). The van der Waals surface area contributed by atoms with Gasteiger partial charge in [0.1, 0.15) is 0 Å². The van der Waals surface area contributed by atoms with Gasteiger partial charge in [-0.1, -0.05) is 24.3 Å². The lowest BCUT2D eigenvalue weighted by Gasteiger charge is -2.03. The summed E-state index contributed by atoms with van der Waals surface area (Å²) < 4.78 is 0. The molecule has 0 atom stereocenters. The van der Waals surface area contributed by atoms with Crippen molar-refractivity contribution in [3.05, 3.63) is 79.9 Å². The van der Waals surface area contributed by atoms with Gasteiger partial charge in [-0.15, -0.1) is 0 Å². The van der Waals surface area contributed by atoms with Crippen LogP contribution in [-0.4, -0.2) is 20.9 Å². The molecule has 0 bridgehead atoms. The Kier molecular flexibility index (Phi) is 4.46. The van der Waals surface area contributed by atoms with E-state index >= 15 is 0 Å². The van der Waals surface area contributed by atoms with Gasteiger partial charge in [0.2, 0.25) is 0 Å². The molecule has 0 radical (unpaired) electrons. The zero-order valence-corrected chi connectivity index (χ0v) is 11.6. The Hall–Kier alpha value is -3.55. The maximum Gasteiger partial charge on any atom is 0.336 e. The molecule has 1 N–H and O–H groups in total. The Balaban J connectivity index is 2.52. The topological polar surface area (TPSA) is 124 Å². The number of hydrogen-bond acceptors (Lipinski definition) is 5. The third-order valence-corrected chi connectivity index (χ3v) is 2.99. The van der Waals surface area contributed by atoms with Gasteiger partial charge < -0.3 is 5.11 Å². The summed E-state index contributed by atoms with van der Waals surface area (Å²) in [5, 5.41) is 30.9. The molecule has 0 aliphatic heterocycles. The first kappa shape index (κ1) is 15.8. The van der Waals surface area contributed by atoms with E-state index in [-0.39, 0.29) is 22.5 Å². The molecule has 2 aromatic carbocycles. The average molecular weight is 314 g/mol. The smallest absolute Gasteiger partial charge is 0.336 e. The number of carbonyl (C=O) groups is 1. The van der Waals surface area contributed by atoms with Crippen LogP contribution < -0.4 is 0 Å². The van der Waals surface area contributed by atoms with Crippen molar-refractivity contribution in [1.29, 1.82) is 0 Å². The molecule has 23 heavy (non-hydrogen) atoms. The highest BCUT2D eigenvalue weighted by Crippen LogP contribution is 2.24. The summed E-state index contributed by atoms with van der Waals surface area (Å²) in [5.41, 5.74) is -0.174. The summed E-state index contributed by atoms with van der Waals surface area (Å²) in [6.07, 6.45) is 1.23. The number of hydrogen-bond donors (Lipinski definition) is 1. The zero-order valence-electron chi connectivity index (χ0n) is 11.6. The summed E-state index contributed by atoms with van der Waals surface area (Å²) in [7, 11) is 0. The number of rotatable bonds is 5. The Bertz CT molecular complexity index is 828. The minimum atomic E-state index is -1.29. The van der Waals surface area contributed by atoms with E-state index < -0.39 is 15.8 Å². The molecule has 0 saturated heterocycles. The van der Waals surface area contributed by atoms with E-state index in [1.807, 2.05) is 0 Å². The molecule has 116 valence electrons. The van der Waals surface area contributed by atoms with Gasteiger partial charge in [-0.3, -0.25) is 20.2 Å². The zero-order chi connectivity index (χ0) is 17.0. The highest BCUT2D eigenvalue weighted by Gasteiger charge is 2.15. The minimum absolute atomic E-state index is 0.137. The number of nitro groups is 2. The molecule has 0 fully saturated rings. The second-order valence-corrected chi connectivity index (χ2v) is 4.52. The number of aliphatic carboxylic acids is 1. The predicted molar refractivity (Wildman–Crippen MR) is 81.7 cm³/mol. The lowest BCUT2D eigenvalue weighted by Crippen LogP contribution is -2.00. The predicted octanol–water partition coefficient (Wildman–Crippen LogP) is 3.13. The van der Waals surface area contributed by atoms with Gasteiger partial charge >= 0.3 is 5.97 Å². The first-order valence-electron chi connectivity index (χ1n) is 6.33. The van der Waals surface area contributed by atoms with E-state index in [0.717, 1.165) is 6.07 Å². The quantitative estimate of drug-likeness (QED) is 0.391. The Morgan fingerprint density at radius 3 is 2.09 bits per heavy atom. The fourth-order valence-corrected chi connectivity index (χ4v) is 1.95. The van der Waals surface area contributed by atoms with E-state index in [2.05, 4.69) is 0 Å². The molecular formula is C15H10N2O6. The Morgan fingerprint density at radius 2 is 1.52 bits per heavy atom. The number of benzene rings is 2. The van der Waals surface area contributed by atoms with Crippen LogP contribution in [0.3, 0.4) is 0 Å². The highest BCUT2D eigenvalue weighted by atomic mass is 16.6. The standard InChI is InChI=1S/C15H10N2O6/c18-15(19)14(11-4-2-6-13(9-11)17(22)23)8-10-3-1-5-12(7-10)16(20)21/h1-9H,(H,18,19)/b14-8+. The van der Waals surface area contributed by atoms with Crippen LogP contribution in [0.1, 0.15) is 11.1 Å². The van der Waals surface area contributed by atoms with Crippen molar-refractivity contribution in [2.24, 2.45) is 0 Å². The molecule has 0 saturated carbocycles. The lowest BCUT2D eigenvalue weighted by atomic mass is 10.0. The monoisotopic (exact) mass is 314 g/mol. The molecule has 2 aromatic rings. The SMILES string of the molecule is O=C(O)/C(=C/c1cccc([N+](=O)[O-])c1)c1cccc([N+](=O)[O-])c1. The van der Waals surface area contributed by atoms with Crippen molar-refractivity contribution in [2.75, 3.05) is 0 Å². The van der Waals surface area contributed by atoms with Crippen molar-refractivity contribution in [3.63, 3.8) is 0 Å². The first-order valence-corrected chi connectivity index (χ1v) is 6.33. The molecule has 0 unspecified atom stereocenters. The third-order valence-electron chi connectivity index (χ3n) is 2.99. The number of non-ortho nitro benzene ring substituents is 2. The van der Waals surface area contributed by atoms with Gasteiger partial charge in [-0.25, -0.2) is 4.79 Å². The van der Waals surface area contributed by atoms with Crippen LogP contribution in [0, 0.1) is 20.2 Å². The maximum atomic E-state index is 11.4. The normalized spacial score (nSPS) is 11.0. The molecule has 0 aliphatic rings. The summed E-state index contributed by atoms with van der Waals surface area (Å²) in [5.74, 6) is -1.29. The molecule has 0 spiro atoms. The lowest BCUT2D eigenvalue weighted by molar-refractivity contribution is -0.385. The Morgan fingerprint density at radius 1 is 0.957 bits per heavy atom. The van der Waals surface area contributed by atoms with E-state index in [4.69, 9.17) is 0 Å². The van der Waals surface area contributed by atoms with E-state index in [0.29, 0.717) is 5.56 Å². The third kappa shape index (κ3) is 3.76. The van der Waals surface area contributed by atoms with Crippen LogP contribution in [-0.2, 0) is 4.79 Å². The van der Waals surface area contributed by atoms with Crippen molar-refractivity contribution in [3.8, 4) is 0 Å². The number of carboxylic acid groups (broad SMARTS) is 1. The summed E-state index contributed by atoms with van der Waals surface area (Å²) in [6, 6.07) is 10.6. The van der Waals surface area contributed by atoms with Crippen molar-refractivity contribution < 1.29 is 19.7 Å². The van der Waals surface area contributed by atoms with Gasteiger partial charge in [0.25, 0.3) is 11.4 Å². The first-order chi connectivity index (χ1) is 10.9. The Labute approximate surface area is 129 Å². The van der Waals surface area contributed by atoms with Crippen LogP contribution in [0.15, 0.2) is 48.5 Å². The second-order valence-electron chi connectivity index (χ2n) is 4.52. The average Bonchev–Trinajstić information content (AvgIpc) is 2.52. The summed E-state index contributed by atoms with van der Waals surface area (Å²) in [4.78, 5) is 31.8. The fraction of sp³-hybridized carbons (Fsp3) is 0. The minimum Gasteiger partial charge on any atom is -0.478 e. The second kappa shape index (κ2) is 6.48. The fourth-order valence-electron chi connectivity index (χ4n) is 1.95. The molecular weight excluding hydrogens is 304 g/mol. The van der Waals surface area contributed by atoms with Gasteiger partial charge in [0, 0.05) is 24.3 Å². The van der Waals surface area contributed by atoms with Crippen LogP contribution >= 0.6 is 0 Å². The summed E-state index contributed by atoms with van der Waals surface area (Å²) in [6.45, 7) is 0. The molecule has 0 aromatic heterocycles. The number of carboxylic acids is 1. The van der Waals surface area contributed by atoms with Crippen LogP contribution in [0.25, 0.3) is 11.6 Å². The molecule has 0 amide bonds. The van der Waals surface area contributed by atoms with Crippen molar-refractivity contribution in [2.45, 2.75) is 0 Å². The van der Waals surface area contributed by atoms with Crippen molar-refractivity contribution >= 4 is 29.0 Å². The maximum absolute atomic E-state index is 11.4. The van der Waals surface area contributed by atoms with Crippen LogP contribution in [0.5, 0.6) is 0 Å². The highest BCUT2D eigenvalue weighted by molar-refractivity contribution is 6.20. The number of nitro benzene ring substituents is 2. The molecule has 8 nitrogen and oxygen atoms in total. The molecule has 0 heterocycles. The largest absolute Gasteiger partial charge is 0.478 e. The van der Waals surface area contributed by atoms with Crippen LogP contribution in [0.2, 0.25) is 0 Å². The molecule has 0 aliphatic carbocycles. The van der Waals surface area contributed by atoms with Gasteiger partial charge in [0.15, 0.2) is 0 Å². The van der Waals surface area contributed by atoms with Crippen LogP contribution in [0.4, 0.5) is 11.4 Å². The van der Waals surface area contributed by atoms with Gasteiger partial charge in [-0.2, -0.15) is 0 Å². The van der Waals surface area contributed by atoms with Gasteiger partial charge in [0.05, 0.1) is 15.4 Å². The van der Waals surface area contributed by atoms with E-state index in [1.165, 1.54) is 48.5 Å². The molecule has 8 heteroatoms. The number of nitrogens with zero attached hydrogens (tertiary/aromatic N) is 2. The van der Waals surface area contributed by atoms with Gasteiger partial charge in [-0.05, 0) is 17.2 Å². The van der Waals surface area contributed by atoms with Crippen molar-refractivity contribution in [1.82, 2.24) is 0 Å².